The van der Waals surface area contributed by atoms with Crippen molar-refractivity contribution >= 4 is 15.9 Å². The lowest BCUT2D eigenvalue weighted by atomic mass is 10.2. The van der Waals surface area contributed by atoms with Gasteiger partial charge in [-0.3, -0.25) is 4.79 Å². The molecule has 1 aliphatic heterocycles. The molecule has 0 atom stereocenters. The smallest absolute Gasteiger partial charge is 0.257 e. The quantitative estimate of drug-likeness (QED) is 0.547. The molecule has 3 aromatic rings. The molecule has 172 valence electrons. The lowest BCUT2D eigenvalue weighted by Crippen LogP contribution is -2.50. The van der Waals surface area contributed by atoms with Gasteiger partial charge in [-0.1, -0.05) is 30.3 Å². The highest BCUT2D eigenvalue weighted by atomic mass is 32.2. The monoisotopic (exact) mass is 468 g/mol. The van der Waals surface area contributed by atoms with E-state index >= 15 is 0 Å². The summed E-state index contributed by atoms with van der Waals surface area (Å²) in [5.74, 6) is 0.966. The molecule has 4 rings (SSSR count). The van der Waals surface area contributed by atoms with E-state index in [0.717, 1.165) is 5.56 Å². The van der Waals surface area contributed by atoms with Crippen molar-refractivity contribution in [3.8, 4) is 22.9 Å². The molecule has 1 saturated heterocycles. The number of aromatic nitrogens is 2. The molecule has 0 unspecified atom stereocenters. The zero-order valence-corrected chi connectivity index (χ0v) is 19.2. The fourth-order valence-corrected chi connectivity index (χ4v) is 5.21. The maximum Gasteiger partial charge on any atom is 0.257 e. The molecule has 10 heteroatoms. The Morgan fingerprint density at radius 2 is 1.58 bits per heavy atom. The van der Waals surface area contributed by atoms with E-state index < -0.39 is 10.0 Å². The number of piperazine rings is 1. The third-order valence-electron chi connectivity index (χ3n) is 5.45. The first-order chi connectivity index (χ1) is 15.9. The van der Waals surface area contributed by atoms with E-state index in [0.29, 0.717) is 17.1 Å². The number of nitrogens with zero attached hydrogens (tertiary/aromatic N) is 4. The van der Waals surface area contributed by atoms with Crippen LogP contribution in [0, 0.1) is 0 Å². The summed E-state index contributed by atoms with van der Waals surface area (Å²) in [6.07, 6.45) is 3.00. The van der Waals surface area contributed by atoms with E-state index in [-0.39, 0.29) is 42.7 Å². The molecule has 0 bridgehead atoms. The SMILES string of the molecule is COc1ccc(OC)c(S(=O)(=O)N2CCN(C(=O)c3cnc(-c4ccccc4)nc3)CC2)c1. The van der Waals surface area contributed by atoms with Gasteiger partial charge in [-0.15, -0.1) is 0 Å². The number of carbonyl (C=O) groups excluding carboxylic acids is 1. The predicted molar refractivity (Wildman–Crippen MR) is 122 cm³/mol. The number of hydrogen-bond acceptors (Lipinski definition) is 7. The van der Waals surface area contributed by atoms with Crippen LogP contribution in [0.2, 0.25) is 0 Å². The largest absolute Gasteiger partial charge is 0.497 e. The van der Waals surface area contributed by atoms with Crippen molar-refractivity contribution in [3.05, 3.63) is 66.5 Å². The van der Waals surface area contributed by atoms with Gasteiger partial charge in [-0.05, 0) is 12.1 Å². The highest BCUT2D eigenvalue weighted by Crippen LogP contribution is 2.31. The molecule has 33 heavy (non-hydrogen) atoms. The van der Waals surface area contributed by atoms with Crippen molar-refractivity contribution in [1.29, 1.82) is 0 Å². The predicted octanol–water partition coefficient (Wildman–Crippen LogP) is 2.31. The Bertz CT molecular complexity index is 1230. The highest BCUT2D eigenvalue weighted by Gasteiger charge is 2.33. The average Bonchev–Trinajstić information content (AvgIpc) is 2.88. The Hall–Kier alpha value is -3.50. The van der Waals surface area contributed by atoms with Gasteiger partial charge in [0.15, 0.2) is 5.82 Å². The standard InChI is InChI=1S/C23H24N4O5S/c1-31-19-8-9-20(32-2)21(14-19)33(29,30)27-12-10-26(11-13-27)23(28)18-15-24-22(25-16-18)17-6-4-3-5-7-17/h3-9,14-16H,10-13H2,1-2H3. The summed E-state index contributed by atoms with van der Waals surface area (Å²) in [5, 5.41) is 0. The van der Waals surface area contributed by atoms with Crippen LogP contribution < -0.4 is 9.47 Å². The lowest BCUT2D eigenvalue weighted by Gasteiger charge is -2.34. The number of rotatable bonds is 6. The van der Waals surface area contributed by atoms with Crippen LogP contribution in [0.25, 0.3) is 11.4 Å². The molecule has 2 aromatic carbocycles. The molecular weight excluding hydrogens is 444 g/mol. The Morgan fingerprint density at radius 1 is 0.909 bits per heavy atom. The van der Waals surface area contributed by atoms with E-state index in [1.54, 1.807) is 17.0 Å². The van der Waals surface area contributed by atoms with Crippen LogP contribution >= 0.6 is 0 Å². The second-order valence-corrected chi connectivity index (χ2v) is 9.28. The van der Waals surface area contributed by atoms with Crippen LogP contribution in [-0.4, -0.2) is 73.9 Å². The second-order valence-electron chi connectivity index (χ2n) is 7.37. The van der Waals surface area contributed by atoms with Gasteiger partial charge in [0.05, 0.1) is 19.8 Å². The number of carbonyl (C=O) groups is 1. The molecule has 0 radical (unpaired) electrons. The number of hydrogen-bond donors (Lipinski definition) is 0. The van der Waals surface area contributed by atoms with Gasteiger partial charge in [-0.25, -0.2) is 18.4 Å². The second kappa shape index (κ2) is 9.55. The zero-order valence-electron chi connectivity index (χ0n) is 18.3. The molecule has 1 amide bonds. The lowest BCUT2D eigenvalue weighted by molar-refractivity contribution is 0.0697. The van der Waals surface area contributed by atoms with Gasteiger partial charge in [0.1, 0.15) is 16.4 Å². The number of benzene rings is 2. The summed E-state index contributed by atoms with van der Waals surface area (Å²) in [4.78, 5) is 23.1. The van der Waals surface area contributed by atoms with Crippen molar-refractivity contribution in [2.45, 2.75) is 4.90 Å². The number of amides is 1. The highest BCUT2D eigenvalue weighted by molar-refractivity contribution is 7.89. The summed E-state index contributed by atoms with van der Waals surface area (Å²) in [6, 6.07) is 14.1. The fraction of sp³-hybridized carbons (Fsp3) is 0.261. The van der Waals surface area contributed by atoms with E-state index in [2.05, 4.69) is 9.97 Å². The third kappa shape index (κ3) is 4.67. The fourth-order valence-electron chi connectivity index (χ4n) is 3.61. The Labute approximate surface area is 192 Å². The first kappa shape index (κ1) is 22.7. The number of sulfonamides is 1. The first-order valence-corrected chi connectivity index (χ1v) is 11.8. The van der Waals surface area contributed by atoms with E-state index in [1.807, 2.05) is 30.3 Å². The van der Waals surface area contributed by atoms with Crippen LogP contribution in [0.15, 0.2) is 65.8 Å². The van der Waals surface area contributed by atoms with Gasteiger partial charge in [0.2, 0.25) is 10.0 Å². The minimum Gasteiger partial charge on any atom is -0.497 e. The molecule has 1 aromatic heterocycles. The van der Waals surface area contributed by atoms with Crippen LogP contribution in [-0.2, 0) is 10.0 Å². The Kier molecular flexibility index (Phi) is 6.57. The van der Waals surface area contributed by atoms with Gasteiger partial charge in [0, 0.05) is 50.2 Å². The Morgan fingerprint density at radius 3 is 2.18 bits per heavy atom. The number of ether oxygens (including phenoxy) is 2. The summed E-state index contributed by atoms with van der Waals surface area (Å²) >= 11 is 0. The molecule has 0 saturated carbocycles. The van der Waals surface area contributed by atoms with Crippen molar-refractivity contribution in [2.24, 2.45) is 0 Å². The van der Waals surface area contributed by atoms with E-state index in [4.69, 9.17) is 9.47 Å². The maximum atomic E-state index is 13.2. The van der Waals surface area contributed by atoms with E-state index in [9.17, 15) is 13.2 Å². The molecular formula is C23H24N4O5S. The summed E-state index contributed by atoms with van der Waals surface area (Å²) in [7, 11) is -0.932. The summed E-state index contributed by atoms with van der Waals surface area (Å²) in [5.41, 5.74) is 1.23. The molecule has 2 heterocycles. The maximum absolute atomic E-state index is 13.2. The minimum absolute atomic E-state index is 0.0361. The average molecular weight is 469 g/mol. The molecule has 0 aliphatic carbocycles. The summed E-state index contributed by atoms with van der Waals surface area (Å²) < 4.78 is 38.2. The minimum atomic E-state index is -3.82. The van der Waals surface area contributed by atoms with Crippen LogP contribution in [0.3, 0.4) is 0 Å². The van der Waals surface area contributed by atoms with Gasteiger partial charge >= 0.3 is 0 Å². The molecule has 0 spiro atoms. The first-order valence-electron chi connectivity index (χ1n) is 10.3. The van der Waals surface area contributed by atoms with Crippen molar-refractivity contribution in [1.82, 2.24) is 19.2 Å². The van der Waals surface area contributed by atoms with Gasteiger partial charge in [0.25, 0.3) is 5.91 Å². The van der Waals surface area contributed by atoms with Gasteiger partial charge in [-0.2, -0.15) is 4.31 Å². The molecule has 0 N–H and O–H groups in total. The van der Waals surface area contributed by atoms with E-state index in [1.165, 1.54) is 37.0 Å². The van der Waals surface area contributed by atoms with Gasteiger partial charge < -0.3 is 14.4 Å². The molecule has 1 aliphatic rings. The molecule has 1 fully saturated rings. The van der Waals surface area contributed by atoms with Crippen LogP contribution in [0.1, 0.15) is 10.4 Å². The van der Waals surface area contributed by atoms with Crippen molar-refractivity contribution in [3.63, 3.8) is 0 Å². The topological polar surface area (TPSA) is 102 Å². The van der Waals surface area contributed by atoms with Crippen molar-refractivity contribution in [2.75, 3.05) is 40.4 Å². The third-order valence-corrected chi connectivity index (χ3v) is 7.37. The van der Waals surface area contributed by atoms with Crippen molar-refractivity contribution < 1.29 is 22.7 Å². The van der Waals surface area contributed by atoms with Crippen LogP contribution in [0.4, 0.5) is 0 Å². The Balaban J connectivity index is 1.45. The summed E-state index contributed by atoms with van der Waals surface area (Å²) in [6.45, 7) is 0.838. The zero-order chi connectivity index (χ0) is 23.4. The number of methoxy groups -OCH3 is 2. The molecule has 9 nitrogen and oxygen atoms in total. The van der Waals surface area contributed by atoms with Crippen LogP contribution in [0.5, 0.6) is 11.5 Å². The normalized spacial score (nSPS) is 14.7.